The second-order valence-electron chi connectivity index (χ2n) is 7.22. The van der Waals surface area contributed by atoms with Crippen LogP contribution in [0, 0.1) is 5.41 Å². The van der Waals surface area contributed by atoms with Crippen molar-refractivity contribution < 1.29 is 9.53 Å². The highest BCUT2D eigenvalue weighted by Crippen LogP contribution is 2.23. The zero-order valence-corrected chi connectivity index (χ0v) is 15.6. The molecule has 0 bridgehead atoms. The van der Waals surface area contributed by atoms with E-state index in [2.05, 4.69) is 5.32 Å². The molecule has 0 radical (unpaired) electrons. The second kappa shape index (κ2) is 8.21. The van der Waals surface area contributed by atoms with Crippen LogP contribution in [-0.2, 0) is 4.74 Å². The average molecular weight is 343 g/mol. The SMILES string of the molecule is C/C=C(\O/C=C(\N)C(C)(C)C)c1cccc(C(=O)N2CCNCC2)c1. The molecule has 1 aliphatic heterocycles. The third-order valence-corrected chi connectivity index (χ3v) is 4.24. The van der Waals surface area contributed by atoms with E-state index in [9.17, 15) is 4.79 Å². The molecule has 25 heavy (non-hydrogen) atoms. The van der Waals surface area contributed by atoms with Crippen LogP contribution in [0.5, 0.6) is 0 Å². The van der Waals surface area contributed by atoms with Gasteiger partial charge in [-0.15, -0.1) is 0 Å². The molecular weight excluding hydrogens is 314 g/mol. The third kappa shape index (κ3) is 5.10. The van der Waals surface area contributed by atoms with Gasteiger partial charge in [0, 0.05) is 48.4 Å². The number of benzene rings is 1. The van der Waals surface area contributed by atoms with E-state index in [0.29, 0.717) is 17.0 Å². The Labute approximate surface area is 150 Å². The molecule has 3 N–H and O–H groups in total. The molecule has 1 heterocycles. The van der Waals surface area contributed by atoms with E-state index in [0.717, 1.165) is 31.7 Å². The van der Waals surface area contributed by atoms with Gasteiger partial charge in [0.05, 0.1) is 0 Å². The number of allylic oxidation sites excluding steroid dienone is 2. The van der Waals surface area contributed by atoms with Crippen molar-refractivity contribution in [3.05, 3.63) is 53.4 Å². The quantitative estimate of drug-likeness (QED) is 0.825. The average Bonchev–Trinajstić information content (AvgIpc) is 2.61. The number of piperazine rings is 1. The molecule has 1 amide bonds. The lowest BCUT2D eigenvalue weighted by atomic mass is 9.93. The van der Waals surface area contributed by atoms with Gasteiger partial charge in [0.2, 0.25) is 0 Å². The normalized spacial score (nSPS) is 16.7. The van der Waals surface area contributed by atoms with Crippen LogP contribution in [0.1, 0.15) is 43.6 Å². The van der Waals surface area contributed by atoms with Crippen molar-refractivity contribution >= 4 is 11.7 Å². The summed E-state index contributed by atoms with van der Waals surface area (Å²) in [4.78, 5) is 14.5. The van der Waals surface area contributed by atoms with Crippen LogP contribution >= 0.6 is 0 Å². The van der Waals surface area contributed by atoms with Gasteiger partial charge in [-0.1, -0.05) is 32.9 Å². The highest BCUT2D eigenvalue weighted by Gasteiger charge is 2.19. The molecule has 0 saturated carbocycles. The number of nitrogens with two attached hydrogens (primary N) is 1. The summed E-state index contributed by atoms with van der Waals surface area (Å²) in [5.74, 6) is 0.741. The smallest absolute Gasteiger partial charge is 0.253 e. The fourth-order valence-electron chi connectivity index (χ4n) is 2.46. The molecule has 5 heteroatoms. The number of carbonyl (C=O) groups is 1. The van der Waals surface area contributed by atoms with Crippen LogP contribution in [0.2, 0.25) is 0 Å². The Morgan fingerprint density at radius 2 is 1.88 bits per heavy atom. The van der Waals surface area contributed by atoms with Crippen molar-refractivity contribution in [1.82, 2.24) is 10.2 Å². The van der Waals surface area contributed by atoms with Gasteiger partial charge in [-0.05, 0) is 25.1 Å². The molecule has 1 fully saturated rings. The predicted molar refractivity (Wildman–Crippen MR) is 102 cm³/mol. The highest BCUT2D eigenvalue weighted by molar-refractivity contribution is 5.95. The Kier molecular flexibility index (Phi) is 6.26. The van der Waals surface area contributed by atoms with Crippen molar-refractivity contribution in [2.75, 3.05) is 26.2 Å². The minimum Gasteiger partial charge on any atom is -0.463 e. The summed E-state index contributed by atoms with van der Waals surface area (Å²) in [7, 11) is 0. The Balaban J connectivity index is 2.17. The standard InChI is InChI=1S/C20H29N3O2/c1-5-17(25-14-18(21)20(2,3)4)15-7-6-8-16(13-15)19(24)23-11-9-22-10-12-23/h5-8,13-14,22H,9-12,21H2,1-4H3/b17-5-,18-14-. The van der Waals surface area contributed by atoms with Gasteiger partial charge in [-0.25, -0.2) is 0 Å². The second-order valence-corrected chi connectivity index (χ2v) is 7.22. The number of amides is 1. The molecule has 1 aromatic rings. The Morgan fingerprint density at radius 3 is 2.48 bits per heavy atom. The largest absolute Gasteiger partial charge is 0.463 e. The summed E-state index contributed by atoms with van der Waals surface area (Å²) in [6, 6.07) is 7.54. The zero-order chi connectivity index (χ0) is 18.4. The summed E-state index contributed by atoms with van der Waals surface area (Å²) >= 11 is 0. The number of carbonyl (C=O) groups excluding carboxylic acids is 1. The van der Waals surface area contributed by atoms with Gasteiger partial charge in [0.1, 0.15) is 12.0 Å². The monoisotopic (exact) mass is 343 g/mol. The van der Waals surface area contributed by atoms with E-state index < -0.39 is 0 Å². The molecule has 1 aliphatic rings. The van der Waals surface area contributed by atoms with Crippen LogP contribution < -0.4 is 11.1 Å². The van der Waals surface area contributed by atoms with Crippen LogP contribution in [0.4, 0.5) is 0 Å². The summed E-state index contributed by atoms with van der Waals surface area (Å²) in [5.41, 5.74) is 8.10. The Hall–Kier alpha value is -2.27. The van der Waals surface area contributed by atoms with E-state index in [1.54, 1.807) is 6.26 Å². The van der Waals surface area contributed by atoms with Crippen LogP contribution in [-0.4, -0.2) is 37.0 Å². The number of hydrogen-bond donors (Lipinski definition) is 2. The first-order valence-corrected chi connectivity index (χ1v) is 8.72. The molecule has 0 aliphatic carbocycles. The molecule has 0 spiro atoms. The molecule has 0 aromatic heterocycles. The summed E-state index contributed by atoms with van der Waals surface area (Å²) in [5, 5.41) is 3.26. The van der Waals surface area contributed by atoms with E-state index >= 15 is 0 Å². The van der Waals surface area contributed by atoms with Crippen molar-refractivity contribution in [3.8, 4) is 0 Å². The van der Waals surface area contributed by atoms with Crippen molar-refractivity contribution in [3.63, 3.8) is 0 Å². The zero-order valence-electron chi connectivity index (χ0n) is 15.6. The number of nitrogens with one attached hydrogen (secondary N) is 1. The fraction of sp³-hybridized carbons (Fsp3) is 0.450. The number of hydrogen-bond acceptors (Lipinski definition) is 4. The lowest BCUT2D eigenvalue weighted by Crippen LogP contribution is -2.46. The molecule has 1 aromatic carbocycles. The minimum atomic E-state index is -0.154. The van der Waals surface area contributed by atoms with Crippen LogP contribution in [0.3, 0.4) is 0 Å². The molecule has 136 valence electrons. The molecular formula is C20H29N3O2. The van der Waals surface area contributed by atoms with Gasteiger partial charge in [-0.2, -0.15) is 0 Å². The Morgan fingerprint density at radius 1 is 1.24 bits per heavy atom. The third-order valence-electron chi connectivity index (χ3n) is 4.24. The van der Waals surface area contributed by atoms with Gasteiger partial charge in [-0.3, -0.25) is 4.79 Å². The Bertz CT molecular complexity index is 666. The van der Waals surface area contributed by atoms with E-state index in [4.69, 9.17) is 10.5 Å². The first-order valence-electron chi connectivity index (χ1n) is 8.72. The highest BCUT2D eigenvalue weighted by atomic mass is 16.5. The molecule has 1 saturated heterocycles. The predicted octanol–water partition coefficient (Wildman–Crippen LogP) is 2.96. The van der Waals surface area contributed by atoms with E-state index in [1.165, 1.54) is 0 Å². The maximum atomic E-state index is 12.7. The molecule has 5 nitrogen and oxygen atoms in total. The molecule has 0 atom stereocenters. The lowest BCUT2D eigenvalue weighted by Gasteiger charge is -2.27. The minimum absolute atomic E-state index is 0.0588. The summed E-state index contributed by atoms with van der Waals surface area (Å²) < 4.78 is 5.79. The summed E-state index contributed by atoms with van der Waals surface area (Å²) in [6.07, 6.45) is 3.46. The van der Waals surface area contributed by atoms with E-state index in [-0.39, 0.29) is 11.3 Å². The number of ether oxygens (including phenoxy) is 1. The van der Waals surface area contributed by atoms with Crippen molar-refractivity contribution in [1.29, 1.82) is 0 Å². The molecule has 0 unspecified atom stereocenters. The van der Waals surface area contributed by atoms with Crippen molar-refractivity contribution in [2.45, 2.75) is 27.7 Å². The van der Waals surface area contributed by atoms with E-state index in [1.807, 2.05) is 62.9 Å². The lowest BCUT2D eigenvalue weighted by molar-refractivity contribution is 0.0736. The van der Waals surface area contributed by atoms with Gasteiger partial charge < -0.3 is 20.7 Å². The number of rotatable bonds is 4. The maximum Gasteiger partial charge on any atom is 0.253 e. The van der Waals surface area contributed by atoms with Gasteiger partial charge in [0.15, 0.2) is 0 Å². The first-order chi connectivity index (χ1) is 11.8. The summed E-state index contributed by atoms with van der Waals surface area (Å²) in [6.45, 7) is 11.2. The molecule has 2 rings (SSSR count). The van der Waals surface area contributed by atoms with Gasteiger partial charge >= 0.3 is 0 Å². The van der Waals surface area contributed by atoms with Crippen LogP contribution in [0.25, 0.3) is 5.76 Å². The van der Waals surface area contributed by atoms with Crippen LogP contribution in [0.15, 0.2) is 42.3 Å². The van der Waals surface area contributed by atoms with Crippen molar-refractivity contribution in [2.24, 2.45) is 11.1 Å². The fourth-order valence-corrected chi connectivity index (χ4v) is 2.46. The topological polar surface area (TPSA) is 67.6 Å². The maximum absolute atomic E-state index is 12.7. The number of nitrogens with zero attached hydrogens (tertiary/aromatic N) is 1. The van der Waals surface area contributed by atoms with Gasteiger partial charge in [0.25, 0.3) is 5.91 Å². The first kappa shape index (κ1) is 19.1.